The Kier molecular flexibility index (Phi) is 7.75. The Balaban J connectivity index is 1.55. The number of carbonyl (C=O) groups is 3. The minimum Gasteiger partial charge on any atom is -0.465 e. The molecule has 2 heterocycles. The third-order valence-electron chi connectivity index (χ3n) is 6.62. The van der Waals surface area contributed by atoms with Crippen molar-refractivity contribution in [2.75, 3.05) is 12.0 Å². The highest BCUT2D eigenvalue weighted by molar-refractivity contribution is 7.20. The lowest BCUT2D eigenvalue weighted by atomic mass is 10.1. The maximum absolute atomic E-state index is 14.2. The fourth-order valence-electron chi connectivity index (χ4n) is 4.53. The second-order valence-electron chi connectivity index (χ2n) is 9.23. The van der Waals surface area contributed by atoms with Crippen LogP contribution >= 0.6 is 11.3 Å². The van der Waals surface area contributed by atoms with Crippen LogP contribution in [0.4, 0.5) is 5.69 Å². The number of hydrogen-bond acceptors (Lipinski definition) is 6. The van der Waals surface area contributed by atoms with E-state index in [4.69, 9.17) is 4.74 Å². The Morgan fingerprint density at radius 1 is 0.975 bits per heavy atom. The van der Waals surface area contributed by atoms with Crippen molar-refractivity contribution in [1.29, 1.82) is 0 Å². The maximum atomic E-state index is 14.2. The lowest BCUT2D eigenvalue weighted by molar-refractivity contribution is -0.122. The quantitative estimate of drug-likeness (QED) is 0.255. The van der Waals surface area contributed by atoms with Crippen LogP contribution in [0.25, 0.3) is 15.9 Å². The molecule has 0 aliphatic heterocycles. The molecule has 1 atom stereocenters. The van der Waals surface area contributed by atoms with Gasteiger partial charge in [-0.3, -0.25) is 14.5 Å². The van der Waals surface area contributed by atoms with E-state index in [2.05, 4.69) is 10.4 Å². The zero-order chi connectivity index (χ0) is 28.2. The molecule has 5 aromatic rings. The Morgan fingerprint density at radius 3 is 2.33 bits per heavy atom. The molecule has 8 nitrogen and oxygen atoms in total. The average molecular weight is 553 g/mol. The van der Waals surface area contributed by atoms with Gasteiger partial charge in [-0.25, -0.2) is 9.48 Å². The zero-order valence-electron chi connectivity index (χ0n) is 22.3. The molecular formula is C31H28N4O4S. The number of hydrogen-bond donors (Lipinski definition) is 1. The van der Waals surface area contributed by atoms with Crippen molar-refractivity contribution in [2.45, 2.75) is 26.4 Å². The van der Waals surface area contributed by atoms with Gasteiger partial charge in [0.05, 0.1) is 34.6 Å². The molecule has 0 aliphatic carbocycles. The second kappa shape index (κ2) is 11.5. The molecule has 0 aliphatic rings. The summed E-state index contributed by atoms with van der Waals surface area (Å²) < 4.78 is 6.80. The number of aromatic nitrogens is 2. The molecular weight excluding hydrogens is 524 g/mol. The number of para-hydroxylation sites is 2. The first-order valence-electron chi connectivity index (χ1n) is 12.8. The predicted octanol–water partition coefficient (Wildman–Crippen LogP) is 5.53. The first-order chi connectivity index (χ1) is 19.4. The monoisotopic (exact) mass is 552 g/mol. The number of thiophene rings is 1. The minimum absolute atomic E-state index is 0.189. The summed E-state index contributed by atoms with van der Waals surface area (Å²) in [5.74, 6) is -1.36. The number of amides is 2. The van der Waals surface area contributed by atoms with Crippen LogP contribution in [0.1, 0.15) is 38.2 Å². The van der Waals surface area contributed by atoms with Crippen molar-refractivity contribution in [3.05, 3.63) is 113 Å². The van der Waals surface area contributed by atoms with Crippen LogP contribution in [0.5, 0.6) is 0 Å². The number of ether oxygens (including phenoxy) is 1. The van der Waals surface area contributed by atoms with Crippen molar-refractivity contribution in [2.24, 2.45) is 0 Å². The number of methoxy groups -OCH3 is 1. The van der Waals surface area contributed by atoms with E-state index in [9.17, 15) is 14.4 Å². The largest absolute Gasteiger partial charge is 0.465 e. The number of nitrogens with one attached hydrogen (secondary N) is 1. The Bertz CT molecular complexity index is 1680. The first kappa shape index (κ1) is 26.8. The topological polar surface area (TPSA) is 93.5 Å². The number of anilines is 1. The van der Waals surface area contributed by atoms with Crippen LogP contribution in [-0.2, 0) is 16.1 Å². The van der Waals surface area contributed by atoms with Crippen molar-refractivity contribution in [1.82, 2.24) is 15.1 Å². The van der Waals surface area contributed by atoms with Crippen LogP contribution < -0.4 is 10.2 Å². The van der Waals surface area contributed by atoms with E-state index in [0.29, 0.717) is 17.1 Å². The van der Waals surface area contributed by atoms with Gasteiger partial charge in [0, 0.05) is 11.9 Å². The minimum atomic E-state index is -0.932. The molecule has 202 valence electrons. The molecule has 0 saturated heterocycles. The van der Waals surface area contributed by atoms with E-state index in [1.165, 1.54) is 23.3 Å². The Hall–Kier alpha value is -4.76. The summed E-state index contributed by atoms with van der Waals surface area (Å²) in [5, 5.41) is 8.43. The highest BCUT2D eigenvalue weighted by Gasteiger charge is 2.33. The van der Waals surface area contributed by atoms with Crippen molar-refractivity contribution < 1.29 is 19.1 Å². The number of rotatable bonds is 8. The fourth-order valence-corrected chi connectivity index (χ4v) is 5.65. The van der Waals surface area contributed by atoms with Crippen molar-refractivity contribution in [3.63, 3.8) is 0 Å². The van der Waals surface area contributed by atoms with E-state index in [1.54, 1.807) is 37.3 Å². The lowest BCUT2D eigenvalue weighted by Crippen LogP contribution is -2.48. The van der Waals surface area contributed by atoms with Gasteiger partial charge in [0.25, 0.3) is 5.91 Å². The summed E-state index contributed by atoms with van der Waals surface area (Å²) in [4.78, 5) is 42.9. The number of aryl methyl sites for hydroxylation is 1. The average Bonchev–Trinajstić information content (AvgIpc) is 3.57. The van der Waals surface area contributed by atoms with Gasteiger partial charge in [0.2, 0.25) is 5.91 Å². The van der Waals surface area contributed by atoms with Crippen molar-refractivity contribution in [3.8, 4) is 5.69 Å². The van der Waals surface area contributed by atoms with E-state index >= 15 is 0 Å². The number of esters is 1. The third kappa shape index (κ3) is 5.23. The van der Waals surface area contributed by atoms with E-state index in [1.807, 2.05) is 72.3 Å². The molecule has 0 spiro atoms. The van der Waals surface area contributed by atoms with Gasteiger partial charge in [0.15, 0.2) is 0 Å². The number of fused-ring (bicyclic) bond motifs is 1. The smallest absolute Gasteiger partial charge is 0.339 e. The Labute approximate surface area is 235 Å². The van der Waals surface area contributed by atoms with Gasteiger partial charge < -0.3 is 10.1 Å². The zero-order valence-corrected chi connectivity index (χ0v) is 23.1. The van der Waals surface area contributed by atoms with Crippen molar-refractivity contribution >= 4 is 45.0 Å². The molecule has 0 radical (unpaired) electrons. The highest BCUT2D eigenvalue weighted by atomic mass is 32.1. The molecule has 0 bridgehead atoms. The Morgan fingerprint density at radius 2 is 1.62 bits per heavy atom. The normalized spacial score (nSPS) is 11.7. The number of nitrogens with zero attached hydrogens (tertiary/aromatic N) is 3. The van der Waals surface area contributed by atoms with E-state index in [-0.39, 0.29) is 11.5 Å². The SMILES string of the molecule is COC(=O)c1ccccc1N(C(=O)c1cc2c(C)nn(-c3ccccc3)c2s1)[C@H](C)C(=O)NCc1ccccc1. The summed E-state index contributed by atoms with van der Waals surface area (Å²) in [5.41, 5.74) is 3.07. The van der Waals surface area contributed by atoms with Gasteiger partial charge in [-0.1, -0.05) is 60.7 Å². The predicted molar refractivity (Wildman–Crippen MR) is 156 cm³/mol. The van der Waals surface area contributed by atoms with Gasteiger partial charge in [-0.05, 0) is 49.7 Å². The molecule has 2 aromatic heterocycles. The van der Waals surface area contributed by atoms with Crippen LogP contribution in [0.3, 0.4) is 0 Å². The summed E-state index contributed by atoms with van der Waals surface area (Å²) in [7, 11) is 1.28. The number of benzene rings is 3. The molecule has 2 amide bonds. The van der Waals surface area contributed by atoms with Crippen LogP contribution in [0.15, 0.2) is 91.0 Å². The molecule has 0 unspecified atom stereocenters. The van der Waals surface area contributed by atoms with Crippen LogP contribution in [0.2, 0.25) is 0 Å². The molecule has 1 N–H and O–H groups in total. The molecule has 40 heavy (non-hydrogen) atoms. The molecule has 3 aromatic carbocycles. The number of carbonyl (C=O) groups excluding carboxylic acids is 3. The molecule has 0 saturated carbocycles. The summed E-state index contributed by atoms with van der Waals surface area (Å²) in [6, 6.07) is 26.7. The van der Waals surface area contributed by atoms with Crippen LogP contribution in [0, 0.1) is 6.92 Å². The van der Waals surface area contributed by atoms with Gasteiger partial charge in [-0.2, -0.15) is 5.10 Å². The summed E-state index contributed by atoms with van der Waals surface area (Å²) in [6.45, 7) is 3.85. The maximum Gasteiger partial charge on any atom is 0.339 e. The molecule has 5 rings (SSSR count). The summed E-state index contributed by atoms with van der Waals surface area (Å²) in [6.07, 6.45) is 0. The fraction of sp³-hybridized carbons (Fsp3) is 0.161. The second-order valence-corrected chi connectivity index (χ2v) is 10.3. The van der Waals surface area contributed by atoms with E-state index < -0.39 is 17.9 Å². The molecule has 0 fully saturated rings. The third-order valence-corrected chi connectivity index (χ3v) is 7.72. The first-order valence-corrected chi connectivity index (χ1v) is 13.6. The van der Waals surface area contributed by atoms with E-state index in [0.717, 1.165) is 27.2 Å². The van der Waals surface area contributed by atoms with Gasteiger partial charge in [-0.15, -0.1) is 11.3 Å². The standard InChI is InChI=1S/C31H28N4O4S/c1-20-25-18-27(40-30(25)35(33-20)23-14-8-5-9-15-23)29(37)34(26-17-11-10-16-24(26)31(38)39-3)21(2)28(36)32-19-22-12-6-4-7-13-22/h4-18,21H,19H2,1-3H3,(H,32,36)/t21-/m1/s1. The highest BCUT2D eigenvalue weighted by Crippen LogP contribution is 2.33. The van der Waals surface area contributed by atoms with Crippen LogP contribution in [-0.4, -0.2) is 40.7 Å². The van der Waals surface area contributed by atoms with Gasteiger partial charge >= 0.3 is 5.97 Å². The summed E-state index contributed by atoms with van der Waals surface area (Å²) >= 11 is 1.29. The van der Waals surface area contributed by atoms with Gasteiger partial charge in [0.1, 0.15) is 10.9 Å². The lowest BCUT2D eigenvalue weighted by Gasteiger charge is -2.29. The molecule has 9 heteroatoms.